The second-order valence-corrected chi connectivity index (χ2v) is 5.75. The molecule has 0 aliphatic carbocycles. The number of hydrogen-bond donors (Lipinski definition) is 1. The van der Waals surface area contributed by atoms with Crippen molar-refractivity contribution in [3.05, 3.63) is 0 Å². The van der Waals surface area contributed by atoms with Crippen molar-refractivity contribution in [3.8, 4) is 0 Å². The minimum absolute atomic E-state index is 0.146. The van der Waals surface area contributed by atoms with E-state index in [4.69, 9.17) is 5.11 Å². The Morgan fingerprint density at radius 1 is 1.14 bits per heavy atom. The van der Waals surface area contributed by atoms with Crippen LogP contribution < -0.4 is 0 Å². The Morgan fingerprint density at radius 3 is 2.24 bits per heavy atom. The number of nitrogens with zero attached hydrogens (tertiary/aromatic N) is 2. The number of halogens is 3. The van der Waals surface area contributed by atoms with Crippen molar-refractivity contribution in [2.24, 2.45) is 5.41 Å². The molecule has 0 aromatic carbocycles. The van der Waals surface area contributed by atoms with Crippen LogP contribution in [0.2, 0.25) is 0 Å². The molecule has 0 aromatic rings. The van der Waals surface area contributed by atoms with Gasteiger partial charge >= 0.3 is 12.1 Å². The Labute approximate surface area is 120 Å². The number of carbonyl (C=O) groups excluding carboxylic acids is 1. The predicted molar refractivity (Wildman–Crippen MR) is 67.6 cm³/mol. The summed E-state index contributed by atoms with van der Waals surface area (Å²) in [5.41, 5.74) is -2.81. The van der Waals surface area contributed by atoms with Gasteiger partial charge in [-0.05, 0) is 32.4 Å². The van der Waals surface area contributed by atoms with Crippen LogP contribution in [-0.2, 0) is 9.59 Å². The number of amides is 1. The highest BCUT2D eigenvalue weighted by molar-refractivity contribution is 5.81. The van der Waals surface area contributed by atoms with Gasteiger partial charge in [-0.25, -0.2) is 0 Å². The largest absolute Gasteiger partial charge is 0.481 e. The summed E-state index contributed by atoms with van der Waals surface area (Å²) in [5.74, 6) is -2.29. The standard InChI is InChI=1S/C13H19F3N2O3/c14-13(15,16)12(11(20)21)4-8-18(9-12)10(19)3-7-17-5-1-2-6-17/h1-9H2,(H,20,21). The lowest BCUT2D eigenvalue weighted by atomic mass is 9.86. The first-order valence-corrected chi connectivity index (χ1v) is 7.06. The Kier molecular flexibility index (Phi) is 4.46. The quantitative estimate of drug-likeness (QED) is 0.851. The molecule has 2 heterocycles. The van der Waals surface area contributed by atoms with Gasteiger partial charge in [-0.15, -0.1) is 0 Å². The van der Waals surface area contributed by atoms with Crippen LogP contribution >= 0.6 is 0 Å². The van der Waals surface area contributed by atoms with E-state index in [2.05, 4.69) is 4.90 Å². The zero-order chi connectivity index (χ0) is 15.7. The van der Waals surface area contributed by atoms with Crippen molar-refractivity contribution in [1.29, 1.82) is 0 Å². The normalized spacial score (nSPS) is 27.3. The lowest BCUT2D eigenvalue weighted by molar-refractivity contribution is -0.227. The highest BCUT2D eigenvalue weighted by atomic mass is 19.4. The monoisotopic (exact) mass is 308 g/mol. The predicted octanol–water partition coefficient (Wildman–Crippen LogP) is 1.34. The molecule has 1 unspecified atom stereocenters. The third-order valence-corrected chi connectivity index (χ3v) is 4.41. The van der Waals surface area contributed by atoms with E-state index >= 15 is 0 Å². The highest BCUT2D eigenvalue weighted by Crippen LogP contribution is 2.45. The number of carboxylic acid groups (broad SMARTS) is 1. The Bertz CT molecular complexity index is 421. The molecule has 0 saturated carbocycles. The average molecular weight is 308 g/mol. The van der Waals surface area contributed by atoms with Gasteiger partial charge in [0, 0.05) is 26.1 Å². The lowest BCUT2D eigenvalue weighted by Crippen LogP contribution is -2.47. The van der Waals surface area contributed by atoms with Gasteiger partial charge in [-0.1, -0.05) is 0 Å². The second kappa shape index (κ2) is 5.82. The molecule has 2 aliphatic rings. The number of carboxylic acids is 1. The molecule has 2 aliphatic heterocycles. The fourth-order valence-corrected chi connectivity index (χ4v) is 2.97. The van der Waals surface area contributed by atoms with Crippen LogP contribution in [0.25, 0.3) is 0 Å². The minimum atomic E-state index is -4.84. The van der Waals surface area contributed by atoms with Crippen molar-refractivity contribution >= 4 is 11.9 Å². The Balaban J connectivity index is 1.93. The van der Waals surface area contributed by atoms with E-state index in [1.54, 1.807) is 0 Å². The highest BCUT2D eigenvalue weighted by Gasteiger charge is 2.64. The van der Waals surface area contributed by atoms with Gasteiger partial charge in [0.05, 0.1) is 0 Å². The maximum atomic E-state index is 13.0. The molecule has 1 amide bonds. The van der Waals surface area contributed by atoms with Crippen molar-refractivity contribution in [2.75, 3.05) is 32.7 Å². The number of likely N-dealkylation sites (tertiary alicyclic amines) is 2. The van der Waals surface area contributed by atoms with Crippen molar-refractivity contribution < 1.29 is 27.9 Å². The summed E-state index contributed by atoms with van der Waals surface area (Å²) in [7, 11) is 0. The summed E-state index contributed by atoms with van der Waals surface area (Å²) >= 11 is 0. The van der Waals surface area contributed by atoms with Gasteiger partial charge < -0.3 is 14.9 Å². The van der Waals surface area contributed by atoms with E-state index in [1.165, 1.54) is 0 Å². The van der Waals surface area contributed by atoms with Crippen LogP contribution in [0, 0.1) is 5.41 Å². The molecule has 21 heavy (non-hydrogen) atoms. The third-order valence-electron chi connectivity index (χ3n) is 4.41. The summed E-state index contributed by atoms with van der Waals surface area (Å²) in [6.07, 6.45) is -3.11. The molecule has 120 valence electrons. The summed E-state index contributed by atoms with van der Waals surface area (Å²) in [6, 6.07) is 0. The molecule has 2 fully saturated rings. The summed E-state index contributed by atoms with van der Waals surface area (Å²) < 4.78 is 39.0. The van der Waals surface area contributed by atoms with Crippen LogP contribution in [0.4, 0.5) is 13.2 Å². The van der Waals surface area contributed by atoms with E-state index in [0.29, 0.717) is 6.54 Å². The molecular formula is C13H19F3N2O3. The van der Waals surface area contributed by atoms with E-state index in [1.807, 2.05) is 0 Å². The molecule has 1 N–H and O–H groups in total. The van der Waals surface area contributed by atoms with E-state index < -0.39 is 36.4 Å². The Morgan fingerprint density at radius 2 is 1.76 bits per heavy atom. The first-order chi connectivity index (χ1) is 9.76. The van der Waals surface area contributed by atoms with Crippen molar-refractivity contribution in [1.82, 2.24) is 9.80 Å². The summed E-state index contributed by atoms with van der Waals surface area (Å²) in [5, 5.41) is 8.94. The number of alkyl halides is 3. The number of aliphatic carboxylic acids is 1. The minimum Gasteiger partial charge on any atom is -0.481 e. The van der Waals surface area contributed by atoms with Gasteiger partial charge in [0.25, 0.3) is 0 Å². The molecular weight excluding hydrogens is 289 g/mol. The van der Waals surface area contributed by atoms with Crippen LogP contribution in [-0.4, -0.2) is 65.7 Å². The first kappa shape index (κ1) is 16.1. The number of hydrogen-bond acceptors (Lipinski definition) is 3. The maximum absolute atomic E-state index is 13.0. The molecule has 0 spiro atoms. The number of carbonyl (C=O) groups is 2. The molecule has 2 saturated heterocycles. The molecule has 5 nitrogen and oxygen atoms in total. The van der Waals surface area contributed by atoms with Crippen LogP contribution in [0.3, 0.4) is 0 Å². The molecule has 2 rings (SSSR count). The third kappa shape index (κ3) is 3.14. The molecule has 8 heteroatoms. The van der Waals surface area contributed by atoms with Gasteiger partial charge in [0.1, 0.15) is 0 Å². The van der Waals surface area contributed by atoms with Gasteiger partial charge in [-0.2, -0.15) is 13.2 Å². The van der Waals surface area contributed by atoms with Gasteiger partial charge in [0.2, 0.25) is 5.91 Å². The zero-order valence-corrected chi connectivity index (χ0v) is 11.7. The summed E-state index contributed by atoms with van der Waals surface area (Å²) in [6.45, 7) is 1.43. The summed E-state index contributed by atoms with van der Waals surface area (Å²) in [4.78, 5) is 26.2. The molecule has 1 atom stereocenters. The van der Waals surface area contributed by atoms with Crippen LogP contribution in [0.1, 0.15) is 25.7 Å². The van der Waals surface area contributed by atoms with E-state index in [-0.39, 0.29) is 13.0 Å². The van der Waals surface area contributed by atoms with Crippen LogP contribution in [0.15, 0.2) is 0 Å². The fourth-order valence-electron chi connectivity index (χ4n) is 2.97. The zero-order valence-electron chi connectivity index (χ0n) is 11.7. The van der Waals surface area contributed by atoms with E-state index in [9.17, 15) is 22.8 Å². The second-order valence-electron chi connectivity index (χ2n) is 5.75. The topological polar surface area (TPSA) is 60.9 Å². The smallest absolute Gasteiger partial charge is 0.406 e. The van der Waals surface area contributed by atoms with Crippen LogP contribution in [0.5, 0.6) is 0 Å². The SMILES string of the molecule is O=C(CCN1CCCC1)N1CCC(C(=O)O)(C(F)(F)F)C1. The molecule has 0 radical (unpaired) electrons. The average Bonchev–Trinajstić information content (AvgIpc) is 3.04. The fraction of sp³-hybridized carbons (Fsp3) is 0.846. The molecule has 0 bridgehead atoms. The van der Waals surface area contributed by atoms with E-state index in [0.717, 1.165) is 30.8 Å². The first-order valence-electron chi connectivity index (χ1n) is 7.06. The van der Waals surface area contributed by atoms with Crippen molar-refractivity contribution in [2.45, 2.75) is 31.9 Å². The maximum Gasteiger partial charge on any atom is 0.406 e. The Hall–Kier alpha value is -1.31. The van der Waals surface area contributed by atoms with Crippen molar-refractivity contribution in [3.63, 3.8) is 0 Å². The number of rotatable bonds is 4. The van der Waals surface area contributed by atoms with Gasteiger partial charge in [-0.3, -0.25) is 9.59 Å². The molecule has 0 aromatic heterocycles. The van der Waals surface area contributed by atoms with Gasteiger partial charge in [0.15, 0.2) is 5.41 Å². The lowest BCUT2D eigenvalue weighted by Gasteiger charge is -2.27.